The number of hydrogen-bond donors (Lipinski definition) is 0. The third-order valence-electron chi connectivity index (χ3n) is 5.48. The first-order valence-corrected chi connectivity index (χ1v) is 9.94. The summed E-state index contributed by atoms with van der Waals surface area (Å²) >= 11 is 0. The molecule has 2 amide bonds. The number of piperazine rings is 1. The Morgan fingerprint density at radius 3 is 2.53 bits per heavy atom. The summed E-state index contributed by atoms with van der Waals surface area (Å²) in [5.41, 5.74) is 3.43. The number of cyclic esters (lactones) is 1. The number of hydrogen-bond acceptors (Lipinski definition) is 6. The van der Waals surface area contributed by atoms with Gasteiger partial charge in [-0.3, -0.25) is 9.69 Å². The molecule has 0 radical (unpaired) electrons. The lowest BCUT2D eigenvalue weighted by atomic mass is 10.0. The van der Waals surface area contributed by atoms with Gasteiger partial charge in [-0.2, -0.15) is 5.26 Å². The van der Waals surface area contributed by atoms with Crippen LogP contribution in [0.15, 0.2) is 30.5 Å². The van der Waals surface area contributed by atoms with Gasteiger partial charge in [-0.05, 0) is 43.2 Å². The number of pyridine rings is 1. The zero-order chi connectivity index (χ0) is 21.3. The van der Waals surface area contributed by atoms with Crippen molar-refractivity contribution < 1.29 is 14.3 Å². The summed E-state index contributed by atoms with van der Waals surface area (Å²) < 4.78 is 4.95. The summed E-state index contributed by atoms with van der Waals surface area (Å²) in [5, 5.41) is 9.57. The smallest absolute Gasteiger partial charge is 0.414 e. The number of carbonyl (C=O) groups is 2. The van der Waals surface area contributed by atoms with Gasteiger partial charge in [0.15, 0.2) is 0 Å². The first-order valence-electron chi connectivity index (χ1n) is 9.94. The van der Waals surface area contributed by atoms with E-state index in [0.29, 0.717) is 50.6 Å². The molecule has 2 aromatic rings. The Labute approximate surface area is 175 Å². The number of carbonyl (C=O) groups excluding carboxylic acids is 2. The molecule has 2 fully saturated rings. The molecule has 1 aromatic carbocycles. The lowest BCUT2D eigenvalue weighted by Gasteiger charge is -2.36. The van der Waals surface area contributed by atoms with E-state index in [1.54, 1.807) is 23.1 Å². The molecule has 0 aliphatic carbocycles. The minimum Gasteiger partial charge on any atom is -0.447 e. The Morgan fingerprint density at radius 2 is 1.90 bits per heavy atom. The summed E-state index contributed by atoms with van der Waals surface area (Å²) in [4.78, 5) is 34.8. The third-order valence-corrected chi connectivity index (χ3v) is 5.48. The average Bonchev–Trinajstić information content (AvgIpc) is 3.19. The molecule has 2 aliphatic heterocycles. The number of anilines is 2. The standard InChI is InChI=1S/C22H23N5O3/c1-15-11-16(2)20(24-14-15)25-5-7-26(8-6-25)21(28)19-4-3-18(12-17(19)13-23)27-9-10-30-22(27)29/h3-4,11-12,14H,5-10H2,1-2H3. The minimum absolute atomic E-state index is 0.171. The second-order valence-electron chi connectivity index (χ2n) is 7.54. The molecule has 30 heavy (non-hydrogen) atoms. The van der Waals surface area contributed by atoms with Crippen LogP contribution in [0.3, 0.4) is 0 Å². The molecular weight excluding hydrogens is 382 g/mol. The van der Waals surface area contributed by atoms with Crippen molar-refractivity contribution in [2.24, 2.45) is 0 Å². The van der Waals surface area contributed by atoms with Crippen molar-refractivity contribution in [3.63, 3.8) is 0 Å². The maximum absolute atomic E-state index is 13.1. The third kappa shape index (κ3) is 3.66. The van der Waals surface area contributed by atoms with Gasteiger partial charge in [-0.15, -0.1) is 0 Å². The van der Waals surface area contributed by atoms with Gasteiger partial charge in [0.05, 0.1) is 17.7 Å². The molecule has 0 spiro atoms. The van der Waals surface area contributed by atoms with Crippen LogP contribution in [0.25, 0.3) is 0 Å². The van der Waals surface area contributed by atoms with E-state index in [-0.39, 0.29) is 11.5 Å². The summed E-state index contributed by atoms with van der Waals surface area (Å²) in [5.74, 6) is 0.780. The number of ether oxygens (including phenoxy) is 1. The highest BCUT2D eigenvalue weighted by Gasteiger charge is 2.28. The average molecular weight is 405 g/mol. The maximum Gasteiger partial charge on any atom is 0.414 e. The lowest BCUT2D eigenvalue weighted by Crippen LogP contribution is -2.49. The van der Waals surface area contributed by atoms with Crippen molar-refractivity contribution >= 4 is 23.5 Å². The van der Waals surface area contributed by atoms with Crippen molar-refractivity contribution in [1.82, 2.24) is 9.88 Å². The van der Waals surface area contributed by atoms with Gasteiger partial charge in [0, 0.05) is 38.1 Å². The van der Waals surface area contributed by atoms with Crippen molar-refractivity contribution in [3.05, 3.63) is 52.7 Å². The van der Waals surface area contributed by atoms with Crippen LogP contribution in [0.5, 0.6) is 0 Å². The van der Waals surface area contributed by atoms with Crippen LogP contribution in [-0.4, -0.2) is 61.2 Å². The Bertz CT molecular complexity index is 1040. The minimum atomic E-state index is -0.436. The molecule has 0 bridgehead atoms. The molecule has 0 saturated carbocycles. The lowest BCUT2D eigenvalue weighted by molar-refractivity contribution is 0.0746. The van der Waals surface area contributed by atoms with Crippen LogP contribution in [0.1, 0.15) is 27.0 Å². The normalized spacial score (nSPS) is 16.4. The summed E-state index contributed by atoms with van der Waals surface area (Å²) in [6, 6.07) is 9.10. The van der Waals surface area contributed by atoms with Crippen LogP contribution >= 0.6 is 0 Å². The van der Waals surface area contributed by atoms with Gasteiger partial charge in [-0.25, -0.2) is 9.78 Å². The molecule has 2 saturated heterocycles. The molecule has 2 aliphatic rings. The maximum atomic E-state index is 13.1. The number of rotatable bonds is 3. The molecule has 0 N–H and O–H groups in total. The number of benzene rings is 1. The van der Waals surface area contributed by atoms with Gasteiger partial charge in [0.2, 0.25) is 0 Å². The van der Waals surface area contributed by atoms with Crippen LogP contribution in [0.4, 0.5) is 16.3 Å². The van der Waals surface area contributed by atoms with Crippen LogP contribution in [0, 0.1) is 25.2 Å². The van der Waals surface area contributed by atoms with E-state index < -0.39 is 6.09 Å². The number of nitrogens with zero attached hydrogens (tertiary/aromatic N) is 5. The molecule has 4 rings (SSSR count). The first kappa shape index (κ1) is 19.7. The Morgan fingerprint density at radius 1 is 1.13 bits per heavy atom. The highest BCUT2D eigenvalue weighted by Crippen LogP contribution is 2.24. The molecule has 8 heteroatoms. The molecular formula is C22H23N5O3. The fraction of sp³-hybridized carbons (Fsp3) is 0.364. The SMILES string of the molecule is Cc1cnc(N2CCN(C(=O)c3ccc(N4CCOC4=O)cc3C#N)CC2)c(C)c1. The molecule has 3 heterocycles. The van der Waals surface area contributed by atoms with Gasteiger partial charge >= 0.3 is 6.09 Å². The van der Waals surface area contributed by atoms with Crippen molar-refractivity contribution in [2.75, 3.05) is 49.1 Å². The molecule has 0 atom stereocenters. The van der Waals surface area contributed by atoms with Gasteiger partial charge in [0.25, 0.3) is 5.91 Å². The second-order valence-corrected chi connectivity index (χ2v) is 7.54. The number of amides is 2. The zero-order valence-electron chi connectivity index (χ0n) is 17.1. The van der Waals surface area contributed by atoms with Crippen molar-refractivity contribution in [1.29, 1.82) is 5.26 Å². The number of aryl methyl sites for hydroxylation is 2. The summed E-state index contributed by atoms with van der Waals surface area (Å²) in [6.45, 7) is 7.30. The molecule has 8 nitrogen and oxygen atoms in total. The van der Waals surface area contributed by atoms with E-state index >= 15 is 0 Å². The van der Waals surface area contributed by atoms with Crippen LogP contribution in [-0.2, 0) is 4.74 Å². The monoisotopic (exact) mass is 405 g/mol. The Kier molecular flexibility index (Phi) is 5.27. The van der Waals surface area contributed by atoms with E-state index in [4.69, 9.17) is 4.74 Å². The van der Waals surface area contributed by atoms with E-state index in [9.17, 15) is 14.9 Å². The highest BCUT2D eigenvalue weighted by molar-refractivity contribution is 5.98. The molecule has 1 aromatic heterocycles. The summed E-state index contributed by atoms with van der Waals surface area (Å²) in [6.07, 6.45) is 1.42. The number of nitriles is 1. The molecule has 154 valence electrons. The second kappa shape index (κ2) is 8.03. The Hall–Kier alpha value is -3.60. The Balaban J connectivity index is 1.47. The quantitative estimate of drug-likeness (QED) is 0.779. The van der Waals surface area contributed by atoms with E-state index in [2.05, 4.69) is 22.0 Å². The fourth-order valence-corrected chi connectivity index (χ4v) is 3.94. The topological polar surface area (TPSA) is 89.8 Å². The fourth-order valence-electron chi connectivity index (χ4n) is 3.94. The van der Waals surface area contributed by atoms with Gasteiger partial charge < -0.3 is 14.5 Å². The number of aromatic nitrogens is 1. The predicted octanol–water partition coefficient (Wildman–Crippen LogP) is 2.49. The van der Waals surface area contributed by atoms with Crippen LogP contribution in [0.2, 0.25) is 0 Å². The first-order chi connectivity index (χ1) is 14.5. The largest absolute Gasteiger partial charge is 0.447 e. The predicted molar refractivity (Wildman–Crippen MR) is 112 cm³/mol. The summed E-state index contributed by atoms with van der Waals surface area (Å²) in [7, 11) is 0. The van der Waals surface area contributed by atoms with Crippen molar-refractivity contribution in [3.8, 4) is 6.07 Å². The molecule has 0 unspecified atom stereocenters. The van der Waals surface area contributed by atoms with E-state index in [1.165, 1.54) is 4.90 Å². The van der Waals surface area contributed by atoms with Crippen LogP contribution < -0.4 is 9.80 Å². The van der Waals surface area contributed by atoms with Gasteiger partial charge in [-0.1, -0.05) is 6.07 Å². The van der Waals surface area contributed by atoms with E-state index in [1.807, 2.05) is 20.0 Å². The van der Waals surface area contributed by atoms with E-state index in [0.717, 1.165) is 16.9 Å². The zero-order valence-corrected chi connectivity index (χ0v) is 17.1. The highest BCUT2D eigenvalue weighted by atomic mass is 16.6. The van der Waals surface area contributed by atoms with Crippen molar-refractivity contribution in [2.45, 2.75) is 13.8 Å². The van der Waals surface area contributed by atoms with Gasteiger partial charge in [0.1, 0.15) is 18.5 Å².